The van der Waals surface area contributed by atoms with Gasteiger partial charge in [0.05, 0.1) is 11.1 Å². The van der Waals surface area contributed by atoms with Crippen molar-refractivity contribution < 1.29 is 14.3 Å². The summed E-state index contributed by atoms with van der Waals surface area (Å²) >= 11 is 4.61. The lowest BCUT2D eigenvalue weighted by Gasteiger charge is -2.05. The van der Waals surface area contributed by atoms with E-state index in [2.05, 4.69) is 15.9 Å². The van der Waals surface area contributed by atoms with Crippen LogP contribution in [-0.4, -0.2) is 11.1 Å². The summed E-state index contributed by atoms with van der Waals surface area (Å²) in [7, 11) is 0. The Morgan fingerprint density at radius 1 is 1.33 bits per heavy atom. The van der Waals surface area contributed by atoms with Crippen LogP contribution in [0, 0.1) is 17.1 Å². The molecule has 0 saturated carbocycles. The van der Waals surface area contributed by atoms with E-state index >= 15 is 0 Å². The van der Waals surface area contributed by atoms with Gasteiger partial charge in [-0.15, -0.1) is 11.8 Å². The van der Waals surface area contributed by atoms with Gasteiger partial charge in [-0.05, 0) is 51.8 Å². The molecular formula is C15H9BrFNO2S. The lowest BCUT2D eigenvalue weighted by molar-refractivity contribution is 0.0695. The van der Waals surface area contributed by atoms with Crippen LogP contribution < -0.4 is 0 Å². The minimum absolute atomic E-state index is 0.00938. The molecule has 1 N–H and O–H groups in total. The summed E-state index contributed by atoms with van der Waals surface area (Å²) in [4.78, 5) is 11.8. The van der Waals surface area contributed by atoms with Crippen LogP contribution in [0.4, 0.5) is 4.39 Å². The van der Waals surface area contributed by atoms with Gasteiger partial charge in [0, 0.05) is 15.1 Å². The third-order valence-electron chi connectivity index (χ3n) is 2.72. The number of carboxylic acids is 1. The average Bonchev–Trinajstić information content (AvgIpc) is 2.47. The molecule has 2 aromatic carbocycles. The molecule has 0 aliphatic heterocycles. The Bertz CT molecular complexity index is 743. The zero-order valence-corrected chi connectivity index (χ0v) is 13.0. The van der Waals surface area contributed by atoms with E-state index in [1.807, 2.05) is 0 Å². The number of hydrogen-bond acceptors (Lipinski definition) is 3. The highest BCUT2D eigenvalue weighted by molar-refractivity contribution is 9.10. The van der Waals surface area contributed by atoms with Gasteiger partial charge < -0.3 is 5.11 Å². The van der Waals surface area contributed by atoms with Crippen LogP contribution in [0.2, 0.25) is 0 Å². The highest BCUT2D eigenvalue weighted by Gasteiger charge is 2.10. The normalized spacial score (nSPS) is 10.1. The molecule has 0 amide bonds. The van der Waals surface area contributed by atoms with Crippen LogP contribution in [0.3, 0.4) is 0 Å². The topological polar surface area (TPSA) is 61.1 Å². The first-order valence-corrected chi connectivity index (χ1v) is 7.63. The third kappa shape index (κ3) is 3.84. The van der Waals surface area contributed by atoms with Gasteiger partial charge in [-0.25, -0.2) is 9.18 Å². The molecular weight excluding hydrogens is 357 g/mol. The van der Waals surface area contributed by atoms with Crippen molar-refractivity contribution >= 4 is 33.7 Å². The molecule has 0 atom stereocenters. The Hall–Kier alpha value is -1.84. The molecule has 0 aliphatic rings. The quantitative estimate of drug-likeness (QED) is 0.813. The Morgan fingerprint density at radius 2 is 2.10 bits per heavy atom. The largest absolute Gasteiger partial charge is 0.478 e. The first kappa shape index (κ1) is 15.5. The highest BCUT2D eigenvalue weighted by atomic mass is 79.9. The molecule has 0 spiro atoms. The maximum Gasteiger partial charge on any atom is 0.336 e. The van der Waals surface area contributed by atoms with Crippen molar-refractivity contribution in [2.24, 2.45) is 0 Å². The van der Waals surface area contributed by atoms with Crippen LogP contribution in [0.15, 0.2) is 45.8 Å². The molecule has 0 unspecified atom stereocenters. The van der Waals surface area contributed by atoms with E-state index in [0.29, 0.717) is 10.2 Å². The van der Waals surface area contributed by atoms with Gasteiger partial charge >= 0.3 is 5.97 Å². The van der Waals surface area contributed by atoms with E-state index in [1.165, 1.54) is 23.9 Å². The number of nitriles is 1. The predicted octanol–water partition coefficient (Wildman–Crippen LogP) is 4.45. The summed E-state index contributed by atoms with van der Waals surface area (Å²) in [6.07, 6.45) is 0. The van der Waals surface area contributed by atoms with E-state index in [0.717, 1.165) is 10.5 Å². The molecule has 0 heterocycles. The molecule has 2 aromatic rings. The molecule has 21 heavy (non-hydrogen) atoms. The number of halogens is 2. The summed E-state index contributed by atoms with van der Waals surface area (Å²) in [6, 6.07) is 11.2. The van der Waals surface area contributed by atoms with Crippen LogP contribution in [-0.2, 0) is 5.75 Å². The second-order valence-electron chi connectivity index (χ2n) is 4.16. The van der Waals surface area contributed by atoms with Crippen molar-refractivity contribution in [1.29, 1.82) is 5.26 Å². The Labute approximate surface area is 133 Å². The van der Waals surface area contributed by atoms with Crippen molar-refractivity contribution in [3.8, 4) is 6.07 Å². The zero-order chi connectivity index (χ0) is 15.4. The standard InChI is InChI=1S/C15H9BrFNO2S/c16-13-3-2-11(6-12(13)15(19)20)21-8-9-1-4-14(17)10(5-9)7-18/h1-6H,8H2,(H,19,20). The summed E-state index contributed by atoms with van der Waals surface area (Å²) in [5.41, 5.74) is 1.00. The second-order valence-corrected chi connectivity index (χ2v) is 6.06. The van der Waals surface area contributed by atoms with Gasteiger partial charge in [0.25, 0.3) is 0 Å². The Kier molecular flexibility index (Phi) is 4.99. The first-order chi connectivity index (χ1) is 10.0. The van der Waals surface area contributed by atoms with Gasteiger partial charge in [-0.1, -0.05) is 6.07 Å². The van der Waals surface area contributed by atoms with Crippen molar-refractivity contribution in [2.75, 3.05) is 0 Å². The number of carboxylic acid groups (broad SMARTS) is 1. The molecule has 0 fully saturated rings. The second kappa shape index (κ2) is 6.74. The van der Waals surface area contributed by atoms with Crippen molar-refractivity contribution in [2.45, 2.75) is 10.6 Å². The fraction of sp³-hybridized carbons (Fsp3) is 0.0667. The van der Waals surface area contributed by atoms with Crippen LogP contribution in [0.1, 0.15) is 21.5 Å². The number of carbonyl (C=O) groups is 1. The summed E-state index contributed by atoms with van der Waals surface area (Å²) in [6.45, 7) is 0. The molecule has 0 radical (unpaired) electrons. The SMILES string of the molecule is N#Cc1cc(CSc2ccc(Br)c(C(=O)O)c2)ccc1F. The fourth-order valence-corrected chi connectivity index (χ4v) is 2.97. The minimum Gasteiger partial charge on any atom is -0.478 e. The number of benzene rings is 2. The average molecular weight is 366 g/mol. The highest BCUT2D eigenvalue weighted by Crippen LogP contribution is 2.28. The van der Waals surface area contributed by atoms with Gasteiger partial charge in [-0.3, -0.25) is 0 Å². The van der Waals surface area contributed by atoms with Gasteiger partial charge in [-0.2, -0.15) is 5.26 Å². The van der Waals surface area contributed by atoms with Crippen LogP contribution in [0.25, 0.3) is 0 Å². The minimum atomic E-state index is -1.00. The molecule has 0 bridgehead atoms. The van der Waals surface area contributed by atoms with E-state index < -0.39 is 11.8 Å². The fourth-order valence-electron chi connectivity index (χ4n) is 1.67. The van der Waals surface area contributed by atoms with E-state index in [-0.39, 0.29) is 11.1 Å². The van der Waals surface area contributed by atoms with Gasteiger partial charge in [0.2, 0.25) is 0 Å². The molecule has 2 rings (SSSR count). The van der Waals surface area contributed by atoms with Crippen LogP contribution >= 0.6 is 27.7 Å². The zero-order valence-electron chi connectivity index (χ0n) is 10.6. The number of nitrogens with zero attached hydrogens (tertiary/aromatic N) is 1. The monoisotopic (exact) mass is 365 g/mol. The van der Waals surface area contributed by atoms with Gasteiger partial charge in [0.1, 0.15) is 11.9 Å². The Morgan fingerprint density at radius 3 is 2.76 bits per heavy atom. The first-order valence-electron chi connectivity index (χ1n) is 5.85. The van der Waals surface area contributed by atoms with Crippen molar-refractivity contribution in [3.05, 3.63) is 63.4 Å². The van der Waals surface area contributed by atoms with E-state index in [4.69, 9.17) is 10.4 Å². The molecule has 6 heteroatoms. The summed E-state index contributed by atoms with van der Waals surface area (Å²) < 4.78 is 13.7. The number of thioether (sulfide) groups is 1. The maximum absolute atomic E-state index is 13.2. The summed E-state index contributed by atoms with van der Waals surface area (Å²) in [5.74, 6) is -1.02. The predicted molar refractivity (Wildman–Crippen MR) is 81.8 cm³/mol. The summed E-state index contributed by atoms with van der Waals surface area (Å²) in [5, 5.41) is 17.8. The smallest absolute Gasteiger partial charge is 0.336 e. The maximum atomic E-state index is 13.2. The molecule has 0 saturated heterocycles. The lowest BCUT2D eigenvalue weighted by Crippen LogP contribution is -1.97. The molecule has 0 aromatic heterocycles. The van der Waals surface area contributed by atoms with Crippen molar-refractivity contribution in [1.82, 2.24) is 0 Å². The number of aromatic carboxylic acids is 1. The number of rotatable bonds is 4. The van der Waals surface area contributed by atoms with Gasteiger partial charge in [0.15, 0.2) is 0 Å². The lowest BCUT2D eigenvalue weighted by atomic mass is 10.1. The molecule has 0 aliphatic carbocycles. The molecule has 106 valence electrons. The third-order valence-corrected chi connectivity index (χ3v) is 4.48. The van der Waals surface area contributed by atoms with E-state index in [1.54, 1.807) is 30.3 Å². The van der Waals surface area contributed by atoms with Crippen molar-refractivity contribution in [3.63, 3.8) is 0 Å². The molecule has 3 nitrogen and oxygen atoms in total. The Balaban J connectivity index is 2.15. The van der Waals surface area contributed by atoms with Crippen LogP contribution in [0.5, 0.6) is 0 Å². The number of hydrogen-bond donors (Lipinski definition) is 1. The van der Waals surface area contributed by atoms with E-state index in [9.17, 15) is 9.18 Å².